The zero-order valence-corrected chi connectivity index (χ0v) is 16.9. The summed E-state index contributed by atoms with van der Waals surface area (Å²) in [7, 11) is 3.18. The lowest BCUT2D eigenvalue weighted by molar-refractivity contribution is 0.0952. The molecule has 8 nitrogen and oxygen atoms in total. The Labute approximate surface area is 172 Å². The predicted octanol–water partition coefficient (Wildman–Crippen LogP) is 2.76. The second-order valence-corrected chi connectivity index (χ2v) is 7.25. The largest absolute Gasteiger partial charge is 0.497 e. The Morgan fingerprint density at radius 2 is 1.76 bits per heavy atom. The fourth-order valence-electron chi connectivity index (χ4n) is 2.98. The SMILES string of the molecule is COc1cccc(OCc2nnc3n2N(C(=O)c2cccc(OC)c2)CCS3)c1. The first-order valence-corrected chi connectivity index (χ1v) is 9.98. The lowest BCUT2D eigenvalue weighted by Gasteiger charge is -2.29. The number of methoxy groups -OCH3 is 2. The topological polar surface area (TPSA) is 78.7 Å². The molecule has 150 valence electrons. The molecule has 3 aromatic rings. The minimum atomic E-state index is -0.145. The molecule has 0 atom stereocenters. The van der Waals surface area contributed by atoms with Gasteiger partial charge in [0.05, 0.1) is 20.8 Å². The second kappa shape index (κ2) is 8.44. The first-order chi connectivity index (χ1) is 14.2. The fourth-order valence-corrected chi connectivity index (χ4v) is 3.85. The van der Waals surface area contributed by atoms with Gasteiger partial charge in [-0.2, -0.15) is 0 Å². The van der Waals surface area contributed by atoms with E-state index < -0.39 is 0 Å². The van der Waals surface area contributed by atoms with E-state index in [9.17, 15) is 4.79 Å². The molecule has 0 saturated carbocycles. The van der Waals surface area contributed by atoms with Crippen molar-refractivity contribution < 1.29 is 19.0 Å². The van der Waals surface area contributed by atoms with Crippen LogP contribution in [0.4, 0.5) is 0 Å². The van der Waals surface area contributed by atoms with Gasteiger partial charge in [0.2, 0.25) is 5.16 Å². The van der Waals surface area contributed by atoms with E-state index in [0.29, 0.717) is 40.3 Å². The van der Waals surface area contributed by atoms with Crippen LogP contribution in [-0.2, 0) is 6.61 Å². The van der Waals surface area contributed by atoms with Crippen LogP contribution in [0, 0.1) is 0 Å². The summed E-state index contributed by atoms with van der Waals surface area (Å²) in [4.78, 5) is 13.2. The Bertz CT molecular complexity index is 1020. The Morgan fingerprint density at radius 3 is 2.55 bits per heavy atom. The lowest BCUT2D eigenvalue weighted by atomic mass is 10.2. The third-order valence-corrected chi connectivity index (χ3v) is 5.31. The van der Waals surface area contributed by atoms with Gasteiger partial charge in [0.15, 0.2) is 5.82 Å². The van der Waals surface area contributed by atoms with E-state index in [0.717, 1.165) is 5.75 Å². The molecule has 4 rings (SSSR count). The lowest BCUT2D eigenvalue weighted by Crippen LogP contribution is -2.45. The van der Waals surface area contributed by atoms with Gasteiger partial charge in [0.1, 0.15) is 23.9 Å². The molecule has 1 aromatic heterocycles. The number of carbonyl (C=O) groups is 1. The molecule has 0 N–H and O–H groups in total. The third-order valence-electron chi connectivity index (χ3n) is 4.41. The summed E-state index contributed by atoms with van der Waals surface area (Å²) in [6.45, 7) is 0.709. The number of rotatable bonds is 6. The predicted molar refractivity (Wildman–Crippen MR) is 108 cm³/mol. The van der Waals surface area contributed by atoms with Crippen molar-refractivity contribution in [2.45, 2.75) is 11.8 Å². The highest BCUT2D eigenvalue weighted by Crippen LogP contribution is 2.25. The first kappa shape index (κ1) is 19.1. The van der Waals surface area contributed by atoms with Gasteiger partial charge in [-0.25, -0.2) is 9.69 Å². The van der Waals surface area contributed by atoms with Crippen LogP contribution in [0.3, 0.4) is 0 Å². The maximum absolute atomic E-state index is 13.2. The summed E-state index contributed by atoms with van der Waals surface area (Å²) >= 11 is 1.56. The highest BCUT2D eigenvalue weighted by molar-refractivity contribution is 7.99. The second-order valence-electron chi connectivity index (χ2n) is 6.19. The highest BCUT2D eigenvalue weighted by atomic mass is 32.2. The molecule has 0 spiro atoms. The molecule has 0 bridgehead atoms. The average molecular weight is 412 g/mol. The molecule has 0 aliphatic carbocycles. The summed E-state index contributed by atoms with van der Waals surface area (Å²) in [5.41, 5.74) is 0.538. The van der Waals surface area contributed by atoms with E-state index in [1.165, 1.54) is 0 Å². The van der Waals surface area contributed by atoms with Crippen LogP contribution >= 0.6 is 11.8 Å². The molecule has 2 aromatic carbocycles. The minimum absolute atomic E-state index is 0.145. The number of nitrogens with zero attached hydrogens (tertiary/aromatic N) is 4. The van der Waals surface area contributed by atoms with Crippen LogP contribution in [0.1, 0.15) is 16.2 Å². The quantitative estimate of drug-likeness (QED) is 0.616. The van der Waals surface area contributed by atoms with Gasteiger partial charge in [-0.15, -0.1) is 10.2 Å². The van der Waals surface area contributed by atoms with Crippen LogP contribution < -0.4 is 19.2 Å². The van der Waals surface area contributed by atoms with Gasteiger partial charge >= 0.3 is 0 Å². The third kappa shape index (κ3) is 4.00. The average Bonchev–Trinajstić information content (AvgIpc) is 3.20. The number of benzene rings is 2. The van der Waals surface area contributed by atoms with E-state index in [2.05, 4.69) is 10.2 Å². The molecule has 2 heterocycles. The molecule has 0 unspecified atom stereocenters. The number of aromatic nitrogens is 3. The number of carbonyl (C=O) groups excluding carboxylic acids is 1. The van der Waals surface area contributed by atoms with Crippen LogP contribution in [0.25, 0.3) is 0 Å². The highest BCUT2D eigenvalue weighted by Gasteiger charge is 2.28. The molecular weight excluding hydrogens is 392 g/mol. The number of fused-ring (bicyclic) bond motifs is 1. The van der Waals surface area contributed by atoms with Gasteiger partial charge < -0.3 is 14.2 Å². The molecule has 1 aliphatic rings. The van der Waals surface area contributed by atoms with E-state index in [1.807, 2.05) is 18.2 Å². The Hall–Kier alpha value is -3.20. The smallest absolute Gasteiger partial charge is 0.272 e. The van der Waals surface area contributed by atoms with Gasteiger partial charge in [-0.3, -0.25) is 4.79 Å². The number of ether oxygens (including phenoxy) is 3. The van der Waals surface area contributed by atoms with Crippen LogP contribution in [0.2, 0.25) is 0 Å². The molecule has 0 fully saturated rings. The molecule has 0 radical (unpaired) electrons. The Balaban J connectivity index is 1.58. The van der Waals surface area contributed by atoms with Crippen molar-refractivity contribution in [3.8, 4) is 17.2 Å². The van der Waals surface area contributed by atoms with Crippen LogP contribution in [0.15, 0.2) is 53.7 Å². The number of hydrogen-bond donors (Lipinski definition) is 0. The Morgan fingerprint density at radius 1 is 1.03 bits per heavy atom. The molecule has 29 heavy (non-hydrogen) atoms. The van der Waals surface area contributed by atoms with E-state index in [1.54, 1.807) is 66.0 Å². The maximum atomic E-state index is 13.2. The monoisotopic (exact) mass is 412 g/mol. The van der Waals surface area contributed by atoms with E-state index in [-0.39, 0.29) is 12.5 Å². The summed E-state index contributed by atoms with van der Waals surface area (Å²) < 4.78 is 18.1. The summed E-state index contributed by atoms with van der Waals surface area (Å²) in [6, 6.07) is 14.4. The standard InChI is InChI=1S/C20H20N4O4S/c1-26-15-6-3-5-14(11-15)19(25)23-9-10-29-20-22-21-18(24(20)23)13-28-17-8-4-7-16(12-17)27-2/h3-8,11-12H,9-10,13H2,1-2H3. The summed E-state index contributed by atoms with van der Waals surface area (Å²) in [5.74, 6) is 3.13. The molecule has 9 heteroatoms. The van der Waals surface area contributed by atoms with Crippen molar-refractivity contribution in [3.63, 3.8) is 0 Å². The van der Waals surface area contributed by atoms with Crippen molar-refractivity contribution in [2.75, 3.05) is 31.5 Å². The first-order valence-electron chi connectivity index (χ1n) is 9.00. The summed E-state index contributed by atoms with van der Waals surface area (Å²) in [6.07, 6.45) is 0. The number of hydrogen-bond acceptors (Lipinski definition) is 7. The zero-order valence-electron chi connectivity index (χ0n) is 16.1. The Kier molecular flexibility index (Phi) is 5.57. The molecule has 1 aliphatic heterocycles. The van der Waals surface area contributed by atoms with Gasteiger partial charge in [0.25, 0.3) is 5.91 Å². The van der Waals surface area contributed by atoms with Crippen molar-refractivity contribution in [2.24, 2.45) is 0 Å². The van der Waals surface area contributed by atoms with E-state index in [4.69, 9.17) is 14.2 Å². The van der Waals surface area contributed by atoms with Crippen molar-refractivity contribution in [1.82, 2.24) is 14.9 Å². The van der Waals surface area contributed by atoms with Crippen molar-refractivity contribution in [1.29, 1.82) is 0 Å². The number of thioether (sulfide) groups is 1. The van der Waals surface area contributed by atoms with Crippen molar-refractivity contribution in [3.05, 3.63) is 59.9 Å². The van der Waals surface area contributed by atoms with Crippen molar-refractivity contribution >= 4 is 17.7 Å². The summed E-state index contributed by atoms with van der Waals surface area (Å²) in [5, 5.41) is 10.8. The molecular formula is C20H20N4O4S. The van der Waals surface area contributed by atoms with Crippen LogP contribution in [-0.4, -0.2) is 47.3 Å². The minimum Gasteiger partial charge on any atom is -0.497 e. The van der Waals surface area contributed by atoms with Gasteiger partial charge in [-0.1, -0.05) is 23.9 Å². The normalized spacial score (nSPS) is 13.0. The molecule has 0 saturated heterocycles. The number of amides is 1. The zero-order chi connectivity index (χ0) is 20.2. The van der Waals surface area contributed by atoms with Crippen LogP contribution in [0.5, 0.6) is 17.2 Å². The van der Waals surface area contributed by atoms with Gasteiger partial charge in [0, 0.05) is 17.4 Å². The van der Waals surface area contributed by atoms with Gasteiger partial charge in [-0.05, 0) is 30.3 Å². The maximum Gasteiger partial charge on any atom is 0.272 e. The van der Waals surface area contributed by atoms with E-state index >= 15 is 0 Å². The fraction of sp³-hybridized carbons (Fsp3) is 0.250. The molecule has 1 amide bonds.